The molecule has 5 heteroatoms. The van der Waals surface area contributed by atoms with Crippen molar-refractivity contribution in [3.05, 3.63) is 15.6 Å². The molecule has 0 amide bonds. The van der Waals surface area contributed by atoms with Gasteiger partial charge in [-0.15, -0.1) is 11.3 Å². The summed E-state index contributed by atoms with van der Waals surface area (Å²) < 4.78 is 0. The number of nitrogens with one attached hydrogen (secondary N) is 2. The molecule has 0 bridgehead atoms. The van der Waals surface area contributed by atoms with Gasteiger partial charge >= 0.3 is 0 Å². The number of aryl methyl sites for hydroxylation is 2. The van der Waals surface area contributed by atoms with Crippen LogP contribution in [0.1, 0.15) is 48.2 Å². The molecular formula is C15H26N4S. The maximum absolute atomic E-state index is 4.67. The smallest absolute Gasteiger partial charge is 0.191 e. The Hall–Kier alpha value is -1.10. The summed E-state index contributed by atoms with van der Waals surface area (Å²) in [6.45, 7) is 5.22. The molecule has 1 aromatic heterocycles. The second-order valence-electron chi connectivity index (χ2n) is 5.34. The number of aliphatic imine (C=N–C) groups is 1. The van der Waals surface area contributed by atoms with Gasteiger partial charge in [0.05, 0.1) is 10.7 Å². The number of hydrogen-bond donors (Lipinski definition) is 2. The van der Waals surface area contributed by atoms with E-state index >= 15 is 0 Å². The van der Waals surface area contributed by atoms with E-state index in [0.717, 1.165) is 25.3 Å². The van der Waals surface area contributed by atoms with Crippen LogP contribution in [0.4, 0.5) is 0 Å². The Bertz CT molecular complexity index is 447. The molecule has 0 aliphatic heterocycles. The SMILES string of the molecule is CCc1nc(CCNC(=NC)NC2CCCC2)sc1C. The summed E-state index contributed by atoms with van der Waals surface area (Å²) in [5, 5.41) is 8.12. The number of guanidine groups is 1. The lowest BCUT2D eigenvalue weighted by Gasteiger charge is -2.16. The van der Waals surface area contributed by atoms with Crippen molar-refractivity contribution in [2.75, 3.05) is 13.6 Å². The van der Waals surface area contributed by atoms with Gasteiger partial charge in [0.1, 0.15) is 0 Å². The Balaban J connectivity index is 1.75. The van der Waals surface area contributed by atoms with E-state index in [-0.39, 0.29) is 0 Å². The molecule has 112 valence electrons. The van der Waals surface area contributed by atoms with Crippen molar-refractivity contribution >= 4 is 17.3 Å². The summed E-state index contributed by atoms with van der Waals surface area (Å²) in [5.41, 5.74) is 1.25. The summed E-state index contributed by atoms with van der Waals surface area (Å²) in [5.74, 6) is 0.931. The first-order chi connectivity index (χ1) is 9.72. The Kier molecular flexibility index (Phi) is 5.83. The number of nitrogens with zero attached hydrogens (tertiary/aromatic N) is 2. The van der Waals surface area contributed by atoms with Gasteiger partial charge in [-0.25, -0.2) is 4.98 Å². The fourth-order valence-electron chi connectivity index (χ4n) is 2.67. The van der Waals surface area contributed by atoms with Gasteiger partial charge in [-0.3, -0.25) is 4.99 Å². The van der Waals surface area contributed by atoms with E-state index in [0.29, 0.717) is 6.04 Å². The Morgan fingerprint density at radius 2 is 2.15 bits per heavy atom. The lowest BCUT2D eigenvalue weighted by Crippen LogP contribution is -2.42. The molecular weight excluding hydrogens is 268 g/mol. The van der Waals surface area contributed by atoms with Crippen molar-refractivity contribution in [1.82, 2.24) is 15.6 Å². The van der Waals surface area contributed by atoms with Crippen LogP contribution in [0.3, 0.4) is 0 Å². The van der Waals surface area contributed by atoms with Gasteiger partial charge in [0, 0.05) is 30.9 Å². The minimum absolute atomic E-state index is 0.606. The second kappa shape index (κ2) is 7.62. The average Bonchev–Trinajstić information content (AvgIpc) is 3.07. The Labute approximate surface area is 126 Å². The fraction of sp³-hybridized carbons (Fsp3) is 0.733. The summed E-state index contributed by atoms with van der Waals surface area (Å²) in [6.07, 6.45) is 7.22. The van der Waals surface area contributed by atoms with Crippen molar-refractivity contribution in [2.45, 2.75) is 58.4 Å². The van der Waals surface area contributed by atoms with E-state index in [9.17, 15) is 0 Å². The zero-order valence-corrected chi connectivity index (χ0v) is 13.6. The summed E-state index contributed by atoms with van der Waals surface area (Å²) in [4.78, 5) is 10.3. The topological polar surface area (TPSA) is 49.3 Å². The summed E-state index contributed by atoms with van der Waals surface area (Å²) >= 11 is 1.82. The number of rotatable bonds is 5. The molecule has 0 atom stereocenters. The highest BCUT2D eigenvalue weighted by Crippen LogP contribution is 2.18. The van der Waals surface area contributed by atoms with Crippen molar-refractivity contribution in [1.29, 1.82) is 0 Å². The maximum Gasteiger partial charge on any atom is 0.191 e. The normalized spacial score (nSPS) is 16.6. The highest BCUT2D eigenvalue weighted by Gasteiger charge is 2.15. The van der Waals surface area contributed by atoms with Gasteiger partial charge in [0.2, 0.25) is 0 Å². The third kappa shape index (κ3) is 4.20. The zero-order valence-electron chi connectivity index (χ0n) is 12.8. The molecule has 0 aromatic carbocycles. The average molecular weight is 294 g/mol. The fourth-order valence-corrected chi connectivity index (χ4v) is 3.69. The van der Waals surface area contributed by atoms with Crippen LogP contribution in [-0.2, 0) is 12.8 Å². The Morgan fingerprint density at radius 1 is 1.40 bits per heavy atom. The monoisotopic (exact) mass is 294 g/mol. The van der Waals surface area contributed by atoms with Gasteiger partial charge in [-0.2, -0.15) is 0 Å². The third-order valence-corrected chi connectivity index (χ3v) is 4.90. The van der Waals surface area contributed by atoms with Gasteiger partial charge in [-0.1, -0.05) is 19.8 Å². The zero-order chi connectivity index (χ0) is 14.4. The maximum atomic E-state index is 4.67. The van der Waals surface area contributed by atoms with Crippen LogP contribution in [0.2, 0.25) is 0 Å². The number of thiazole rings is 1. The van der Waals surface area contributed by atoms with Gasteiger partial charge in [0.15, 0.2) is 5.96 Å². The van der Waals surface area contributed by atoms with Crippen molar-refractivity contribution in [3.8, 4) is 0 Å². The highest BCUT2D eigenvalue weighted by atomic mass is 32.1. The molecule has 0 spiro atoms. The van der Waals surface area contributed by atoms with Crippen LogP contribution in [0, 0.1) is 6.92 Å². The highest BCUT2D eigenvalue weighted by molar-refractivity contribution is 7.11. The van der Waals surface area contributed by atoms with Crippen LogP contribution in [0.25, 0.3) is 0 Å². The molecule has 2 N–H and O–H groups in total. The summed E-state index contributed by atoms with van der Waals surface area (Å²) in [7, 11) is 1.84. The lowest BCUT2D eigenvalue weighted by atomic mass is 10.2. The van der Waals surface area contributed by atoms with Crippen LogP contribution in [-0.4, -0.2) is 30.6 Å². The van der Waals surface area contributed by atoms with Crippen LogP contribution < -0.4 is 10.6 Å². The predicted octanol–water partition coefficient (Wildman–Crippen LogP) is 2.66. The van der Waals surface area contributed by atoms with E-state index in [4.69, 9.17) is 0 Å². The standard InChI is InChI=1S/C15H26N4S/c1-4-13-11(2)20-14(19-13)9-10-17-15(16-3)18-12-7-5-6-8-12/h12H,4-10H2,1-3H3,(H2,16,17,18). The van der Waals surface area contributed by atoms with Crippen LogP contribution in [0.5, 0.6) is 0 Å². The van der Waals surface area contributed by atoms with E-state index in [2.05, 4.69) is 34.5 Å². The second-order valence-corrected chi connectivity index (χ2v) is 6.63. The third-order valence-electron chi connectivity index (χ3n) is 3.82. The largest absolute Gasteiger partial charge is 0.356 e. The lowest BCUT2D eigenvalue weighted by molar-refractivity contribution is 0.613. The van der Waals surface area contributed by atoms with Gasteiger partial charge in [-0.05, 0) is 26.2 Å². The van der Waals surface area contributed by atoms with Crippen molar-refractivity contribution < 1.29 is 0 Å². The van der Waals surface area contributed by atoms with Crippen molar-refractivity contribution in [2.24, 2.45) is 4.99 Å². The van der Waals surface area contributed by atoms with E-state index < -0.39 is 0 Å². The van der Waals surface area contributed by atoms with Gasteiger partial charge < -0.3 is 10.6 Å². The molecule has 0 saturated heterocycles. The minimum Gasteiger partial charge on any atom is -0.356 e. The quantitative estimate of drug-likeness (QED) is 0.648. The van der Waals surface area contributed by atoms with Crippen molar-refractivity contribution in [3.63, 3.8) is 0 Å². The van der Waals surface area contributed by atoms with Crippen LogP contribution >= 0.6 is 11.3 Å². The van der Waals surface area contributed by atoms with Crippen LogP contribution in [0.15, 0.2) is 4.99 Å². The molecule has 20 heavy (non-hydrogen) atoms. The molecule has 1 heterocycles. The van der Waals surface area contributed by atoms with E-state index in [1.165, 1.54) is 41.3 Å². The molecule has 1 aromatic rings. The molecule has 1 aliphatic rings. The molecule has 1 saturated carbocycles. The molecule has 1 fully saturated rings. The summed E-state index contributed by atoms with van der Waals surface area (Å²) in [6, 6.07) is 0.606. The van der Waals surface area contributed by atoms with E-state index in [1.54, 1.807) is 0 Å². The Morgan fingerprint density at radius 3 is 2.75 bits per heavy atom. The molecule has 0 radical (unpaired) electrons. The number of aromatic nitrogens is 1. The molecule has 1 aliphatic carbocycles. The molecule has 0 unspecified atom stereocenters. The van der Waals surface area contributed by atoms with Gasteiger partial charge in [0.25, 0.3) is 0 Å². The number of hydrogen-bond acceptors (Lipinski definition) is 3. The van der Waals surface area contributed by atoms with E-state index in [1.807, 2.05) is 18.4 Å². The first kappa shape index (κ1) is 15.3. The predicted molar refractivity (Wildman–Crippen MR) is 86.7 cm³/mol. The first-order valence-corrected chi connectivity index (χ1v) is 8.47. The molecule has 2 rings (SSSR count). The molecule has 4 nitrogen and oxygen atoms in total. The minimum atomic E-state index is 0.606. The first-order valence-electron chi connectivity index (χ1n) is 7.65.